The van der Waals surface area contributed by atoms with Gasteiger partial charge in [0.15, 0.2) is 4.93 Å². The average Bonchev–Trinajstić information content (AvgIpc) is 3.08. The van der Waals surface area contributed by atoms with Crippen molar-refractivity contribution in [3.8, 4) is 17.2 Å². The van der Waals surface area contributed by atoms with Gasteiger partial charge in [0.1, 0.15) is 17.2 Å². The quantitative estimate of drug-likeness (QED) is 0.710. The smallest absolute Gasteiger partial charge is 0.191 e. The van der Waals surface area contributed by atoms with Crippen molar-refractivity contribution < 1.29 is 14.2 Å². The van der Waals surface area contributed by atoms with Crippen molar-refractivity contribution in [3.05, 3.63) is 48.0 Å². The summed E-state index contributed by atoms with van der Waals surface area (Å²) in [5, 5.41) is 0. The second-order valence-corrected chi connectivity index (χ2v) is 7.97. The van der Waals surface area contributed by atoms with Crippen LogP contribution in [-0.4, -0.2) is 14.2 Å². The van der Waals surface area contributed by atoms with E-state index < -0.39 is 4.93 Å². The number of para-hydroxylation sites is 1. The summed E-state index contributed by atoms with van der Waals surface area (Å²) >= 11 is 1.84. The molecule has 4 rings (SSSR count). The zero-order valence-corrected chi connectivity index (χ0v) is 15.6. The molecule has 0 bridgehead atoms. The molecule has 1 atom stereocenters. The average molecular weight is 356 g/mol. The predicted octanol–water partition coefficient (Wildman–Crippen LogP) is 5.62. The molecule has 2 aliphatic rings. The normalized spacial score (nSPS) is 23.0. The number of fused-ring (bicyclic) bond motifs is 1. The van der Waals surface area contributed by atoms with Crippen LogP contribution in [0.3, 0.4) is 0 Å². The van der Waals surface area contributed by atoms with Crippen LogP contribution in [0.5, 0.6) is 17.2 Å². The van der Waals surface area contributed by atoms with E-state index in [1.54, 1.807) is 14.2 Å². The Morgan fingerprint density at radius 1 is 1.00 bits per heavy atom. The Bertz CT molecular complexity index is 728. The van der Waals surface area contributed by atoms with Crippen LogP contribution < -0.4 is 14.2 Å². The Balaban J connectivity index is 1.82. The lowest BCUT2D eigenvalue weighted by atomic mass is 9.81. The van der Waals surface area contributed by atoms with Gasteiger partial charge in [0, 0.05) is 17.5 Å². The Labute approximate surface area is 153 Å². The van der Waals surface area contributed by atoms with Gasteiger partial charge in [-0.3, -0.25) is 0 Å². The molecular weight excluding hydrogens is 332 g/mol. The third-order valence-electron chi connectivity index (χ3n) is 5.30. The third kappa shape index (κ3) is 2.86. The molecule has 3 nitrogen and oxygen atoms in total. The van der Waals surface area contributed by atoms with Gasteiger partial charge in [0.05, 0.1) is 19.1 Å². The number of benzene rings is 2. The van der Waals surface area contributed by atoms with E-state index in [2.05, 4.69) is 24.3 Å². The molecule has 1 fully saturated rings. The number of thioether (sulfide) groups is 1. The Kier molecular flexibility index (Phi) is 4.55. The Morgan fingerprint density at radius 2 is 1.80 bits per heavy atom. The van der Waals surface area contributed by atoms with Crippen molar-refractivity contribution in [2.75, 3.05) is 14.2 Å². The van der Waals surface area contributed by atoms with Crippen LogP contribution in [0.4, 0.5) is 0 Å². The van der Waals surface area contributed by atoms with Gasteiger partial charge >= 0.3 is 0 Å². The van der Waals surface area contributed by atoms with Crippen molar-refractivity contribution in [3.63, 3.8) is 0 Å². The summed E-state index contributed by atoms with van der Waals surface area (Å²) < 4.78 is 17.8. The largest absolute Gasteiger partial charge is 0.497 e. The Morgan fingerprint density at radius 3 is 2.52 bits per heavy atom. The van der Waals surface area contributed by atoms with Crippen molar-refractivity contribution in [1.29, 1.82) is 0 Å². The molecular formula is C21H24O3S. The molecule has 2 aromatic carbocycles. The van der Waals surface area contributed by atoms with Crippen molar-refractivity contribution in [2.45, 2.75) is 41.9 Å². The SMILES string of the molecule is COc1ccc(C2(C3CCCCC3)Oc3ccccc3S2)c(OC)c1. The van der Waals surface area contributed by atoms with E-state index in [1.807, 2.05) is 30.0 Å². The van der Waals surface area contributed by atoms with E-state index in [0.29, 0.717) is 5.92 Å². The fourth-order valence-corrected chi connectivity index (χ4v) is 5.53. The van der Waals surface area contributed by atoms with Gasteiger partial charge in [-0.15, -0.1) is 0 Å². The van der Waals surface area contributed by atoms with E-state index >= 15 is 0 Å². The molecule has 1 unspecified atom stereocenters. The molecule has 0 aromatic heterocycles. The lowest BCUT2D eigenvalue weighted by molar-refractivity contribution is 0.0768. The maximum Gasteiger partial charge on any atom is 0.191 e. The summed E-state index contributed by atoms with van der Waals surface area (Å²) in [6.45, 7) is 0. The fraction of sp³-hybridized carbons (Fsp3) is 0.429. The maximum absolute atomic E-state index is 6.68. The summed E-state index contributed by atoms with van der Waals surface area (Å²) in [6, 6.07) is 14.4. The molecule has 132 valence electrons. The molecule has 4 heteroatoms. The fourth-order valence-electron chi connectivity index (χ4n) is 4.03. The van der Waals surface area contributed by atoms with Gasteiger partial charge < -0.3 is 14.2 Å². The van der Waals surface area contributed by atoms with Crippen molar-refractivity contribution in [1.82, 2.24) is 0 Å². The zero-order valence-electron chi connectivity index (χ0n) is 14.8. The van der Waals surface area contributed by atoms with E-state index in [-0.39, 0.29) is 0 Å². The van der Waals surface area contributed by atoms with Gasteiger partial charge in [-0.2, -0.15) is 0 Å². The van der Waals surface area contributed by atoms with Gasteiger partial charge in [-0.05, 0) is 37.1 Å². The van der Waals surface area contributed by atoms with Crippen LogP contribution in [0.1, 0.15) is 37.7 Å². The van der Waals surface area contributed by atoms with Gasteiger partial charge in [-0.1, -0.05) is 43.2 Å². The predicted molar refractivity (Wildman–Crippen MR) is 101 cm³/mol. The van der Waals surface area contributed by atoms with E-state index in [9.17, 15) is 0 Å². The lowest BCUT2D eigenvalue weighted by Gasteiger charge is -2.39. The molecule has 0 amide bonds. The van der Waals surface area contributed by atoms with Gasteiger partial charge in [0.25, 0.3) is 0 Å². The van der Waals surface area contributed by atoms with Gasteiger partial charge in [0.2, 0.25) is 0 Å². The van der Waals surface area contributed by atoms with Crippen LogP contribution in [0.25, 0.3) is 0 Å². The third-order valence-corrected chi connectivity index (χ3v) is 6.80. The number of methoxy groups -OCH3 is 2. The first-order valence-corrected chi connectivity index (χ1v) is 9.78. The summed E-state index contributed by atoms with van der Waals surface area (Å²) in [6.07, 6.45) is 6.24. The molecule has 1 aliphatic carbocycles. The molecule has 0 radical (unpaired) electrons. The molecule has 0 spiro atoms. The zero-order chi connectivity index (χ0) is 17.3. The first-order valence-electron chi connectivity index (χ1n) is 8.96. The first kappa shape index (κ1) is 16.6. The van der Waals surface area contributed by atoms with E-state index in [4.69, 9.17) is 14.2 Å². The van der Waals surface area contributed by atoms with Crippen LogP contribution >= 0.6 is 11.8 Å². The lowest BCUT2D eigenvalue weighted by Crippen LogP contribution is -2.37. The molecule has 0 N–H and O–H groups in total. The topological polar surface area (TPSA) is 27.7 Å². The van der Waals surface area contributed by atoms with Crippen LogP contribution in [0, 0.1) is 5.92 Å². The standard InChI is InChI=1S/C21H24O3S/c1-22-16-12-13-17(19(14-16)23-2)21(15-8-4-3-5-9-15)24-18-10-6-7-11-20(18)25-21/h6-7,10-15H,3-5,8-9H2,1-2H3. The van der Waals surface area contributed by atoms with Crippen LogP contribution in [-0.2, 0) is 4.93 Å². The first-order chi connectivity index (χ1) is 12.3. The molecule has 1 saturated carbocycles. The summed E-state index contributed by atoms with van der Waals surface area (Å²) in [4.78, 5) is 0.799. The Hall–Kier alpha value is -1.81. The monoisotopic (exact) mass is 356 g/mol. The number of rotatable bonds is 4. The van der Waals surface area contributed by atoms with E-state index in [0.717, 1.165) is 22.8 Å². The van der Waals surface area contributed by atoms with Crippen LogP contribution in [0.15, 0.2) is 47.4 Å². The van der Waals surface area contributed by atoms with Crippen molar-refractivity contribution in [2.24, 2.45) is 5.92 Å². The highest BCUT2D eigenvalue weighted by molar-refractivity contribution is 8.00. The minimum Gasteiger partial charge on any atom is -0.497 e. The number of hydrogen-bond donors (Lipinski definition) is 0. The highest BCUT2D eigenvalue weighted by atomic mass is 32.2. The van der Waals surface area contributed by atoms with Gasteiger partial charge in [-0.25, -0.2) is 0 Å². The minimum absolute atomic E-state index is 0.415. The summed E-state index contributed by atoms with van der Waals surface area (Å²) in [7, 11) is 3.40. The maximum atomic E-state index is 6.68. The second kappa shape index (κ2) is 6.83. The highest BCUT2D eigenvalue weighted by Gasteiger charge is 2.50. The molecule has 2 aromatic rings. The molecule has 25 heavy (non-hydrogen) atoms. The molecule has 1 aliphatic heterocycles. The molecule has 0 saturated heterocycles. The number of ether oxygens (including phenoxy) is 3. The number of hydrogen-bond acceptors (Lipinski definition) is 4. The van der Waals surface area contributed by atoms with Crippen LogP contribution in [0.2, 0.25) is 0 Å². The van der Waals surface area contributed by atoms with E-state index in [1.165, 1.54) is 37.0 Å². The minimum atomic E-state index is -0.415. The second-order valence-electron chi connectivity index (χ2n) is 6.72. The highest BCUT2D eigenvalue weighted by Crippen LogP contribution is 2.60. The van der Waals surface area contributed by atoms with Crippen molar-refractivity contribution >= 4 is 11.8 Å². The summed E-state index contributed by atoms with van der Waals surface area (Å²) in [5.74, 6) is 3.10. The summed E-state index contributed by atoms with van der Waals surface area (Å²) in [5.41, 5.74) is 1.11. The molecule has 1 heterocycles.